The smallest absolute Gasteiger partial charge is 0.249 e. The summed E-state index contributed by atoms with van der Waals surface area (Å²) in [7, 11) is 1.62. The van der Waals surface area contributed by atoms with Crippen LogP contribution in [0, 0.1) is 0 Å². The van der Waals surface area contributed by atoms with E-state index in [-0.39, 0.29) is 11.8 Å². The van der Waals surface area contributed by atoms with Crippen LogP contribution in [0.3, 0.4) is 0 Å². The van der Waals surface area contributed by atoms with E-state index in [2.05, 4.69) is 20.6 Å². The van der Waals surface area contributed by atoms with Crippen LogP contribution in [0.1, 0.15) is 31.7 Å². The van der Waals surface area contributed by atoms with Gasteiger partial charge in [-0.05, 0) is 42.7 Å². The summed E-state index contributed by atoms with van der Waals surface area (Å²) in [6, 6.07) is 14.5. The number of aromatic nitrogens is 2. The lowest BCUT2D eigenvalue weighted by atomic mass is 10.1. The first-order valence-electron chi connectivity index (χ1n) is 9.77. The SMILES string of the molecule is CCC[C@H](NC(=O)CCc1ccc(OC)cc1)C(=O)Nc1nc2ccccc2[nH]1. The number of para-hydroxylation sites is 2. The zero-order valence-electron chi connectivity index (χ0n) is 16.7. The van der Waals surface area contributed by atoms with E-state index in [0.717, 1.165) is 28.8 Å². The van der Waals surface area contributed by atoms with Gasteiger partial charge in [-0.3, -0.25) is 14.9 Å². The van der Waals surface area contributed by atoms with Gasteiger partial charge in [-0.15, -0.1) is 0 Å². The second-order valence-corrected chi connectivity index (χ2v) is 6.85. The van der Waals surface area contributed by atoms with Crippen LogP contribution in [-0.4, -0.2) is 34.9 Å². The van der Waals surface area contributed by atoms with Crippen molar-refractivity contribution in [3.63, 3.8) is 0 Å². The van der Waals surface area contributed by atoms with Crippen LogP contribution in [0.15, 0.2) is 48.5 Å². The topological polar surface area (TPSA) is 96.1 Å². The Hall–Kier alpha value is -3.35. The molecule has 0 aliphatic carbocycles. The number of aryl methyl sites for hydroxylation is 1. The van der Waals surface area contributed by atoms with E-state index >= 15 is 0 Å². The molecule has 0 aliphatic heterocycles. The van der Waals surface area contributed by atoms with Gasteiger partial charge in [0.05, 0.1) is 18.1 Å². The highest BCUT2D eigenvalue weighted by Crippen LogP contribution is 2.15. The van der Waals surface area contributed by atoms with Crippen molar-refractivity contribution in [2.45, 2.75) is 38.6 Å². The van der Waals surface area contributed by atoms with Crippen molar-refractivity contribution in [1.82, 2.24) is 15.3 Å². The molecule has 1 aromatic heterocycles. The van der Waals surface area contributed by atoms with E-state index in [1.54, 1.807) is 7.11 Å². The normalized spacial score (nSPS) is 11.8. The number of aromatic amines is 1. The Kier molecular flexibility index (Phi) is 6.84. The third kappa shape index (κ3) is 5.57. The number of hydrogen-bond acceptors (Lipinski definition) is 4. The summed E-state index contributed by atoms with van der Waals surface area (Å²) in [5, 5.41) is 5.62. The third-order valence-corrected chi connectivity index (χ3v) is 4.66. The van der Waals surface area contributed by atoms with Crippen molar-refractivity contribution >= 4 is 28.8 Å². The molecule has 0 saturated heterocycles. The summed E-state index contributed by atoms with van der Waals surface area (Å²) in [6.07, 6.45) is 2.24. The molecular formula is C22H26N4O3. The maximum absolute atomic E-state index is 12.7. The van der Waals surface area contributed by atoms with Crippen molar-refractivity contribution in [3.8, 4) is 5.75 Å². The molecule has 0 unspecified atom stereocenters. The van der Waals surface area contributed by atoms with Crippen LogP contribution in [0.4, 0.5) is 5.95 Å². The molecule has 3 rings (SSSR count). The number of methoxy groups -OCH3 is 1. The Balaban J connectivity index is 1.56. The molecule has 0 bridgehead atoms. The van der Waals surface area contributed by atoms with Crippen LogP contribution >= 0.6 is 0 Å². The van der Waals surface area contributed by atoms with Crippen molar-refractivity contribution < 1.29 is 14.3 Å². The summed E-state index contributed by atoms with van der Waals surface area (Å²) < 4.78 is 5.14. The number of rotatable bonds is 9. The van der Waals surface area contributed by atoms with Crippen LogP contribution in [-0.2, 0) is 16.0 Å². The molecule has 0 fully saturated rings. The molecule has 0 aliphatic rings. The summed E-state index contributed by atoms with van der Waals surface area (Å²) in [5.74, 6) is 0.732. The van der Waals surface area contributed by atoms with E-state index < -0.39 is 6.04 Å². The Morgan fingerprint density at radius 1 is 1.14 bits per heavy atom. The minimum Gasteiger partial charge on any atom is -0.497 e. The molecular weight excluding hydrogens is 368 g/mol. The number of imidazole rings is 1. The summed E-state index contributed by atoms with van der Waals surface area (Å²) >= 11 is 0. The zero-order chi connectivity index (χ0) is 20.6. The lowest BCUT2D eigenvalue weighted by Crippen LogP contribution is -2.44. The fourth-order valence-electron chi connectivity index (χ4n) is 3.09. The maximum atomic E-state index is 12.7. The molecule has 0 saturated carbocycles. The molecule has 7 heteroatoms. The first-order chi connectivity index (χ1) is 14.1. The Morgan fingerprint density at radius 3 is 2.59 bits per heavy atom. The van der Waals surface area contributed by atoms with Gasteiger partial charge in [0.2, 0.25) is 17.8 Å². The summed E-state index contributed by atoms with van der Waals surface area (Å²) in [6.45, 7) is 1.98. The average Bonchev–Trinajstić information content (AvgIpc) is 3.14. The number of anilines is 1. The number of nitrogens with one attached hydrogen (secondary N) is 3. The zero-order valence-corrected chi connectivity index (χ0v) is 16.7. The molecule has 2 aromatic carbocycles. The standard InChI is InChI=1S/C22H26N4O3/c1-3-6-19(21(28)26-22-24-17-7-4-5-8-18(17)25-22)23-20(27)14-11-15-9-12-16(29-2)13-10-15/h4-5,7-10,12-13,19H,3,6,11,14H2,1-2H3,(H,23,27)(H2,24,25,26,28)/t19-/m0/s1. The van der Waals surface area contributed by atoms with Crippen molar-refractivity contribution in [1.29, 1.82) is 0 Å². The van der Waals surface area contributed by atoms with E-state index in [0.29, 0.717) is 25.2 Å². The van der Waals surface area contributed by atoms with Gasteiger partial charge in [0.15, 0.2) is 0 Å². The van der Waals surface area contributed by atoms with Gasteiger partial charge >= 0.3 is 0 Å². The second-order valence-electron chi connectivity index (χ2n) is 6.85. The fourth-order valence-corrected chi connectivity index (χ4v) is 3.09. The Labute approximate surface area is 169 Å². The number of hydrogen-bond donors (Lipinski definition) is 3. The quantitative estimate of drug-likeness (QED) is 0.518. The minimum atomic E-state index is -0.600. The van der Waals surface area contributed by atoms with Gasteiger partial charge in [-0.25, -0.2) is 4.98 Å². The predicted molar refractivity (Wildman–Crippen MR) is 113 cm³/mol. The predicted octanol–water partition coefficient (Wildman–Crippen LogP) is 3.43. The van der Waals surface area contributed by atoms with Gasteiger partial charge in [-0.2, -0.15) is 0 Å². The van der Waals surface area contributed by atoms with Gasteiger partial charge < -0.3 is 15.0 Å². The van der Waals surface area contributed by atoms with Crippen LogP contribution < -0.4 is 15.4 Å². The highest BCUT2D eigenvalue weighted by Gasteiger charge is 2.21. The van der Waals surface area contributed by atoms with Gasteiger partial charge in [-0.1, -0.05) is 37.6 Å². The number of amides is 2. The number of H-pyrrole nitrogens is 1. The Bertz CT molecular complexity index is 933. The van der Waals surface area contributed by atoms with E-state index in [1.807, 2.05) is 55.5 Å². The molecule has 1 atom stereocenters. The molecule has 1 heterocycles. The lowest BCUT2D eigenvalue weighted by Gasteiger charge is -2.17. The molecule has 7 nitrogen and oxygen atoms in total. The van der Waals surface area contributed by atoms with E-state index in [1.165, 1.54) is 0 Å². The maximum Gasteiger partial charge on any atom is 0.249 e. The first-order valence-corrected chi connectivity index (χ1v) is 9.77. The molecule has 152 valence electrons. The monoisotopic (exact) mass is 394 g/mol. The number of ether oxygens (including phenoxy) is 1. The average molecular weight is 394 g/mol. The van der Waals surface area contributed by atoms with Crippen LogP contribution in [0.25, 0.3) is 11.0 Å². The number of benzene rings is 2. The Morgan fingerprint density at radius 2 is 1.90 bits per heavy atom. The fraction of sp³-hybridized carbons (Fsp3) is 0.318. The summed E-state index contributed by atoms with van der Waals surface area (Å²) in [4.78, 5) is 32.5. The van der Waals surface area contributed by atoms with Crippen molar-refractivity contribution in [2.24, 2.45) is 0 Å². The van der Waals surface area contributed by atoms with Crippen molar-refractivity contribution in [2.75, 3.05) is 12.4 Å². The third-order valence-electron chi connectivity index (χ3n) is 4.66. The van der Waals surface area contributed by atoms with E-state index in [4.69, 9.17) is 4.74 Å². The van der Waals surface area contributed by atoms with Crippen LogP contribution in [0.5, 0.6) is 5.75 Å². The van der Waals surface area contributed by atoms with Gasteiger partial charge in [0.25, 0.3) is 0 Å². The molecule has 0 spiro atoms. The van der Waals surface area contributed by atoms with Gasteiger partial charge in [0, 0.05) is 6.42 Å². The largest absolute Gasteiger partial charge is 0.497 e. The lowest BCUT2D eigenvalue weighted by molar-refractivity contribution is -0.126. The molecule has 3 N–H and O–H groups in total. The molecule has 29 heavy (non-hydrogen) atoms. The number of carbonyl (C=O) groups excluding carboxylic acids is 2. The highest BCUT2D eigenvalue weighted by molar-refractivity contribution is 5.97. The van der Waals surface area contributed by atoms with E-state index in [9.17, 15) is 9.59 Å². The van der Waals surface area contributed by atoms with Crippen molar-refractivity contribution in [3.05, 3.63) is 54.1 Å². The molecule has 0 radical (unpaired) electrons. The van der Waals surface area contributed by atoms with Crippen LogP contribution in [0.2, 0.25) is 0 Å². The summed E-state index contributed by atoms with van der Waals surface area (Å²) in [5.41, 5.74) is 2.66. The van der Waals surface area contributed by atoms with Gasteiger partial charge in [0.1, 0.15) is 11.8 Å². The molecule has 2 amide bonds. The number of nitrogens with zero attached hydrogens (tertiary/aromatic N) is 1. The number of carbonyl (C=O) groups is 2. The highest BCUT2D eigenvalue weighted by atomic mass is 16.5. The number of fused-ring (bicyclic) bond motifs is 1. The second kappa shape index (κ2) is 9.73. The first kappa shape index (κ1) is 20.4. The minimum absolute atomic E-state index is 0.154. The molecule has 3 aromatic rings.